The van der Waals surface area contributed by atoms with Crippen LogP contribution in [0.4, 0.5) is 11.4 Å². The zero-order chi connectivity index (χ0) is 52.8. The van der Waals surface area contributed by atoms with Gasteiger partial charge in [-0.1, -0.05) is 148 Å². The van der Waals surface area contributed by atoms with Gasteiger partial charge in [0.25, 0.3) is 0 Å². The molecule has 0 atom stereocenters. The summed E-state index contributed by atoms with van der Waals surface area (Å²) in [6, 6.07) is 49.8. The smallest absolute Gasteiger partial charge is 0.373 e. The Bertz CT molecular complexity index is 3420. The maximum absolute atomic E-state index is 13.0. The van der Waals surface area contributed by atoms with Gasteiger partial charge < -0.3 is 14.1 Å². The monoisotopic (exact) mass is 1000 g/mol. The number of unbranched alkanes of at least 4 members (excludes halogenated alkanes) is 2. The summed E-state index contributed by atoms with van der Waals surface area (Å²) < 4.78 is 15.3. The van der Waals surface area contributed by atoms with Gasteiger partial charge in [0.05, 0.1) is 22.2 Å². The summed E-state index contributed by atoms with van der Waals surface area (Å²) in [6.07, 6.45) is 12.2. The molecule has 11 heteroatoms. The second-order valence-corrected chi connectivity index (χ2v) is 20.3. The van der Waals surface area contributed by atoms with Crippen LogP contribution in [0.1, 0.15) is 82.6 Å². The number of hydrogen-bond acceptors (Lipinski definition) is 10. The van der Waals surface area contributed by atoms with E-state index in [1.807, 2.05) is 110 Å². The number of aryl methyl sites for hydroxylation is 2. The van der Waals surface area contributed by atoms with Crippen molar-refractivity contribution in [3.05, 3.63) is 202 Å². The Morgan fingerprint density at radius 2 is 1.36 bits per heavy atom. The summed E-state index contributed by atoms with van der Waals surface area (Å²) >= 11 is 1.51. The average molecular weight is 1010 g/mol. The van der Waals surface area contributed by atoms with Crippen molar-refractivity contribution in [3.63, 3.8) is 0 Å². The van der Waals surface area contributed by atoms with Crippen LogP contribution in [-0.4, -0.2) is 47.3 Å². The maximum Gasteiger partial charge on any atom is 0.373 e. The first-order valence-electron chi connectivity index (χ1n) is 25.0. The van der Waals surface area contributed by atoms with E-state index in [0.29, 0.717) is 22.8 Å². The molecule has 4 heterocycles. The zero-order valence-corrected chi connectivity index (χ0v) is 44.0. The second-order valence-electron chi connectivity index (χ2n) is 19.3. The molecule has 0 aliphatic carbocycles. The predicted octanol–water partition coefficient (Wildman–Crippen LogP) is 14.1. The largest absolute Gasteiger partial charge is 0.493 e. The van der Waals surface area contributed by atoms with Crippen molar-refractivity contribution < 1.29 is 32.9 Å². The van der Waals surface area contributed by atoms with Gasteiger partial charge in [-0.15, -0.1) is 11.3 Å². The van der Waals surface area contributed by atoms with E-state index in [1.54, 1.807) is 0 Å². The highest BCUT2D eigenvalue weighted by molar-refractivity contribution is 7.21. The standard InChI is InChI=1S/C38H47N2O.C23H15NO2S.2CO2/c1-7-8-14-25-39-34-24-23-29(2)28-32(34)38(5,6)36(39)22-15-21-35-37(3,4)31-19-12-13-20-33(31)40(35)26-16-27-41-30-17-10-9-11-18-30;1-14-11-12-16-18(13-14)26-23(25)21(20(16)15-7-3-2-4-8-15)22-24-17-9-5-6-10-19(17)27-22;2*2-1-3/h9-13,15,17-24,28H,7-8,14,16,25-27H2,1-6H3;2-13H,1H3;;/q+1;;;. The van der Waals surface area contributed by atoms with E-state index in [-0.39, 0.29) is 28.8 Å². The van der Waals surface area contributed by atoms with Crippen molar-refractivity contribution >= 4 is 61.9 Å². The molecule has 0 spiro atoms. The van der Waals surface area contributed by atoms with E-state index in [0.717, 1.165) is 57.6 Å². The van der Waals surface area contributed by atoms with E-state index in [9.17, 15) is 4.79 Å². The van der Waals surface area contributed by atoms with Crippen molar-refractivity contribution in [2.45, 2.75) is 85.0 Å². The molecule has 2 aromatic heterocycles. The van der Waals surface area contributed by atoms with Crippen LogP contribution in [0.15, 0.2) is 179 Å². The lowest BCUT2D eigenvalue weighted by molar-refractivity contribution is -0.438. The molecule has 376 valence electrons. The molecule has 0 amide bonds. The first-order chi connectivity index (χ1) is 35.8. The van der Waals surface area contributed by atoms with Gasteiger partial charge in [-0.2, -0.15) is 23.8 Å². The Hall–Kier alpha value is -8.07. The van der Waals surface area contributed by atoms with Crippen LogP contribution in [-0.2, 0) is 30.0 Å². The summed E-state index contributed by atoms with van der Waals surface area (Å²) in [4.78, 5) is 52.8. The average Bonchev–Trinajstić information content (AvgIpc) is 3.98. The molecule has 74 heavy (non-hydrogen) atoms. The minimum absolute atomic E-state index is 0.0365. The number of thiazole rings is 1. The molecule has 0 radical (unpaired) electrons. The van der Waals surface area contributed by atoms with Crippen LogP contribution < -0.4 is 15.3 Å². The number of ether oxygens (including phenoxy) is 1. The van der Waals surface area contributed by atoms with Crippen molar-refractivity contribution in [1.82, 2.24) is 4.98 Å². The summed E-state index contributed by atoms with van der Waals surface area (Å²) in [5, 5.41) is 1.60. The fraction of sp³-hybridized carbons (Fsp3) is 0.254. The fourth-order valence-corrected chi connectivity index (χ4v) is 11.0. The fourth-order valence-electron chi connectivity index (χ4n) is 9.98. The number of fused-ring (bicyclic) bond motifs is 4. The Balaban J connectivity index is 0.000000208. The first kappa shape index (κ1) is 53.7. The van der Waals surface area contributed by atoms with Crippen molar-refractivity contribution in [1.29, 1.82) is 0 Å². The van der Waals surface area contributed by atoms with Crippen LogP contribution in [0.5, 0.6) is 5.75 Å². The maximum atomic E-state index is 13.0. The Kier molecular flexibility index (Phi) is 17.8. The molecule has 10 nitrogen and oxygen atoms in total. The van der Waals surface area contributed by atoms with Gasteiger partial charge in [-0.25, -0.2) is 9.78 Å². The molecular weight excluding hydrogens is 943 g/mol. The third-order valence-corrected chi connectivity index (χ3v) is 14.6. The van der Waals surface area contributed by atoms with Gasteiger partial charge in [0.15, 0.2) is 12.3 Å². The van der Waals surface area contributed by atoms with Crippen molar-refractivity contribution in [3.8, 4) is 27.4 Å². The van der Waals surface area contributed by atoms with E-state index >= 15 is 0 Å². The molecule has 0 saturated carbocycles. The van der Waals surface area contributed by atoms with Crippen LogP contribution in [0.25, 0.3) is 42.9 Å². The van der Waals surface area contributed by atoms with Gasteiger partial charge >= 0.3 is 17.9 Å². The quantitative estimate of drug-likeness (QED) is 0.0630. The van der Waals surface area contributed by atoms with Crippen LogP contribution in [0, 0.1) is 13.8 Å². The minimum atomic E-state index is -0.356. The normalized spacial score (nSPS) is 14.3. The van der Waals surface area contributed by atoms with Gasteiger partial charge in [0.2, 0.25) is 5.69 Å². The number of rotatable bonds is 13. The number of anilines is 1. The lowest BCUT2D eigenvalue weighted by atomic mass is 9.81. The number of para-hydroxylation sites is 3. The first-order valence-corrected chi connectivity index (χ1v) is 25.8. The molecule has 0 N–H and O–H groups in total. The minimum Gasteiger partial charge on any atom is -0.493 e. The highest BCUT2D eigenvalue weighted by atomic mass is 32.1. The van der Waals surface area contributed by atoms with Crippen LogP contribution in [0.2, 0.25) is 0 Å². The Morgan fingerprint density at radius 1 is 0.716 bits per heavy atom. The molecule has 2 aliphatic heterocycles. The molecule has 0 fully saturated rings. The number of hydrogen-bond donors (Lipinski definition) is 0. The highest BCUT2D eigenvalue weighted by Crippen LogP contribution is 2.48. The molecule has 6 aromatic carbocycles. The zero-order valence-electron chi connectivity index (χ0n) is 43.1. The third kappa shape index (κ3) is 11.9. The van der Waals surface area contributed by atoms with Gasteiger partial charge in [0, 0.05) is 58.4 Å². The molecule has 0 bridgehead atoms. The summed E-state index contributed by atoms with van der Waals surface area (Å²) in [6.45, 7) is 18.6. The molecule has 2 aliphatic rings. The Morgan fingerprint density at radius 3 is 2.08 bits per heavy atom. The number of benzene rings is 6. The molecule has 0 unspecified atom stereocenters. The summed E-state index contributed by atoms with van der Waals surface area (Å²) in [5.74, 6) is 0.934. The lowest BCUT2D eigenvalue weighted by Gasteiger charge is -2.27. The van der Waals surface area contributed by atoms with Crippen molar-refractivity contribution in [2.24, 2.45) is 0 Å². The van der Waals surface area contributed by atoms with Crippen LogP contribution in [0.3, 0.4) is 0 Å². The molecular formula is C63H62N3O7S+. The van der Waals surface area contributed by atoms with E-state index < -0.39 is 0 Å². The number of carbonyl (C=O) groups excluding carboxylic acids is 4. The van der Waals surface area contributed by atoms with E-state index in [2.05, 4.69) is 112 Å². The number of aromatic nitrogens is 1. The Labute approximate surface area is 437 Å². The van der Waals surface area contributed by atoms with E-state index in [1.165, 1.54) is 70.1 Å². The van der Waals surface area contributed by atoms with Gasteiger partial charge in [-0.3, -0.25) is 0 Å². The van der Waals surface area contributed by atoms with Crippen molar-refractivity contribution in [2.75, 3.05) is 24.6 Å². The van der Waals surface area contributed by atoms with Gasteiger partial charge in [0.1, 0.15) is 21.9 Å². The summed E-state index contributed by atoms with van der Waals surface area (Å²) in [5.41, 5.74) is 14.0. The van der Waals surface area contributed by atoms with Crippen LogP contribution >= 0.6 is 11.3 Å². The predicted molar refractivity (Wildman–Crippen MR) is 295 cm³/mol. The SMILES string of the molecule is CCCCCN1/C(=C/C=C/C2=[N+](CCCOc3ccccc3)c3ccccc3C2(C)C)C(C)(C)c2cc(C)ccc21.Cc1ccc2c(-c3ccccc3)c(-c3nc4ccccc4s3)c(=O)oc2c1.O=C=O.O=C=O. The summed E-state index contributed by atoms with van der Waals surface area (Å²) in [7, 11) is 0. The third-order valence-electron chi connectivity index (χ3n) is 13.5. The second kappa shape index (κ2) is 24.6. The lowest BCUT2D eigenvalue weighted by Crippen LogP contribution is -2.28. The molecule has 0 saturated heterocycles. The molecule has 10 rings (SSSR count). The van der Waals surface area contributed by atoms with E-state index in [4.69, 9.17) is 33.3 Å². The highest BCUT2D eigenvalue weighted by Gasteiger charge is 2.44. The van der Waals surface area contributed by atoms with Gasteiger partial charge in [-0.05, 0) is 93.3 Å². The number of nitrogens with zero attached hydrogens (tertiary/aromatic N) is 3. The number of allylic oxidation sites excluding steroid dienone is 4. The topological polar surface area (TPSA) is 127 Å². The molecule has 8 aromatic rings.